The second-order valence-electron chi connectivity index (χ2n) is 6.94. The first-order chi connectivity index (χ1) is 13.6. The molecule has 1 aliphatic rings. The van der Waals surface area contributed by atoms with Crippen molar-refractivity contribution in [2.24, 2.45) is 0 Å². The topological polar surface area (TPSA) is 111 Å². The number of imidazole rings is 1. The largest absolute Gasteiger partial charge is 0.508 e. The van der Waals surface area contributed by atoms with Crippen LogP contribution >= 0.6 is 0 Å². The molecule has 0 amide bonds. The number of aryl methyl sites for hydroxylation is 1. The molecular formula is C19H24N6O3. The van der Waals surface area contributed by atoms with Gasteiger partial charge in [-0.3, -0.25) is 0 Å². The summed E-state index contributed by atoms with van der Waals surface area (Å²) in [6.45, 7) is 4.69. The summed E-state index contributed by atoms with van der Waals surface area (Å²) in [6, 6.07) is 6.75. The van der Waals surface area contributed by atoms with Gasteiger partial charge in [-0.05, 0) is 31.2 Å². The van der Waals surface area contributed by atoms with Gasteiger partial charge >= 0.3 is 0 Å². The number of phenolic OH excluding ortho intramolecular Hbond substituents is 1. The van der Waals surface area contributed by atoms with E-state index in [4.69, 9.17) is 0 Å². The van der Waals surface area contributed by atoms with E-state index in [0.717, 1.165) is 37.6 Å². The number of fused-ring (bicyclic) bond motifs is 1. The molecule has 0 saturated carbocycles. The van der Waals surface area contributed by atoms with Gasteiger partial charge in [0.1, 0.15) is 11.3 Å². The second-order valence-corrected chi connectivity index (χ2v) is 6.94. The van der Waals surface area contributed by atoms with Crippen molar-refractivity contribution in [2.45, 2.75) is 13.0 Å². The number of phenols is 1. The summed E-state index contributed by atoms with van der Waals surface area (Å²) < 4.78 is 1.71. The summed E-state index contributed by atoms with van der Waals surface area (Å²) in [6.07, 6.45) is 1.59. The Balaban J connectivity index is 1.56. The van der Waals surface area contributed by atoms with Gasteiger partial charge in [-0.2, -0.15) is 4.98 Å². The molecule has 1 saturated heterocycles. The summed E-state index contributed by atoms with van der Waals surface area (Å²) in [7, 11) is 0. The SMILES string of the molecule is Cc1nc(N2CCN(c3ccc(O)cc3)CC2)nc2c1ncn2C(CO)CO. The fraction of sp³-hybridized carbons (Fsp3) is 0.421. The van der Waals surface area contributed by atoms with Crippen LogP contribution in [0.5, 0.6) is 5.75 Å². The number of aromatic nitrogens is 4. The Hall–Kier alpha value is -2.91. The summed E-state index contributed by atoms with van der Waals surface area (Å²) in [5.41, 5.74) is 3.15. The number of aliphatic hydroxyl groups excluding tert-OH is 2. The van der Waals surface area contributed by atoms with Crippen LogP contribution in [0.3, 0.4) is 0 Å². The Bertz CT molecular complexity index is 946. The number of piperazine rings is 1. The maximum absolute atomic E-state index is 9.52. The van der Waals surface area contributed by atoms with E-state index in [2.05, 4.69) is 24.8 Å². The Labute approximate surface area is 162 Å². The molecule has 4 rings (SSSR count). The number of hydrogen-bond acceptors (Lipinski definition) is 8. The normalized spacial score (nSPS) is 15.0. The smallest absolute Gasteiger partial charge is 0.227 e. The number of benzene rings is 1. The zero-order valence-corrected chi connectivity index (χ0v) is 15.7. The van der Waals surface area contributed by atoms with Crippen molar-refractivity contribution in [3.8, 4) is 5.75 Å². The van der Waals surface area contributed by atoms with Crippen LogP contribution in [-0.4, -0.2) is 74.2 Å². The van der Waals surface area contributed by atoms with Gasteiger partial charge in [0.15, 0.2) is 5.65 Å². The Morgan fingerprint density at radius 3 is 2.25 bits per heavy atom. The predicted molar refractivity (Wildman–Crippen MR) is 106 cm³/mol. The summed E-state index contributed by atoms with van der Waals surface area (Å²) >= 11 is 0. The van der Waals surface area contributed by atoms with Gasteiger partial charge in [0.05, 0.1) is 31.3 Å². The zero-order valence-electron chi connectivity index (χ0n) is 15.7. The minimum atomic E-state index is -0.474. The quantitative estimate of drug-likeness (QED) is 0.589. The number of hydrogen-bond donors (Lipinski definition) is 3. The van der Waals surface area contributed by atoms with Crippen molar-refractivity contribution in [1.29, 1.82) is 0 Å². The molecule has 1 fully saturated rings. The van der Waals surface area contributed by atoms with E-state index < -0.39 is 6.04 Å². The van der Waals surface area contributed by atoms with Gasteiger partial charge in [-0.25, -0.2) is 9.97 Å². The standard InChI is InChI=1S/C19H24N6O3/c1-13-17-18(25(12-20-17)15(10-26)11-27)22-19(21-13)24-8-6-23(7-9-24)14-2-4-16(28)5-3-14/h2-5,12,15,26-28H,6-11H2,1H3. The first-order valence-corrected chi connectivity index (χ1v) is 9.32. The number of aromatic hydroxyl groups is 1. The van der Waals surface area contributed by atoms with E-state index in [-0.39, 0.29) is 19.0 Å². The molecule has 0 spiro atoms. The minimum absolute atomic E-state index is 0.189. The van der Waals surface area contributed by atoms with Crippen LogP contribution in [0.15, 0.2) is 30.6 Å². The first-order valence-electron chi connectivity index (χ1n) is 9.32. The van der Waals surface area contributed by atoms with Crippen molar-refractivity contribution in [1.82, 2.24) is 19.5 Å². The molecule has 2 aromatic heterocycles. The van der Waals surface area contributed by atoms with Crippen LogP contribution in [0.25, 0.3) is 11.2 Å². The lowest BCUT2D eigenvalue weighted by atomic mass is 10.2. The number of aliphatic hydroxyl groups is 2. The van der Waals surface area contributed by atoms with Crippen LogP contribution in [0.1, 0.15) is 11.7 Å². The molecule has 0 aliphatic carbocycles. The first kappa shape index (κ1) is 18.5. The third-order valence-corrected chi connectivity index (χ3v) is 5.18. The minimum Gasteiger partial charge on any atom is -0.508 e. The third kappa shape index (κ3) is 3.34. The maximum Gasteiger partial charge on any atom is 0.227 e. The van der Waals surface area contributed by atoms with Gasteiger partial charge in [-0.1, -0.05) is 0 Å². The molecule has 0 radical (unpaired) electrons. The van der Waals surface area contributed by atoms with E-state index in [1.165, 1.54) is 0 Å². The Morgan fingerprint density at radius 1 is 0.964 bits per heavy atom. The van der Waals surface area contributed by atoms with E-state index in [0.29, 0.717) is 17.1 Å². The van der Waals surface area contributed by atoms with E-state index in [1.807, 2.05) is 19.1 Å². The fourth-order valence-corrected chi connectivity index (χ4v) is 3.51. The molecule has 1 aromatic carbocycles. The fourth-order valence-electron chi connectivity index (χ4n) is 3.51. The van der Waals surface area contributed by atoms with Crippen LogP contribution in [0, 0.1) is 6.92 Å². The van der Waals surface area contributed by atoms with Crippen molar-refractivity contribution >= 4 is 22.8 Å². The molecule has 9 heteroatoms. The van der Waals surface area contributed by atoms with Gasteiger partial charge in [0, 0.05) is 31.9 Å². The van der Waals surface area contributed by atoms with E-state index in [9.17, 15) is 15.3 Å². The van der Waals surface area contributed by atoms with Crippen molar-refractivity contribution < 1.29 is 15.3 Å². The highest BCUT2D eigenvalue weighted by Gasteiger charge is 2.22. The van der Waals surface area contributed by atoms with Crippen molar-refractivity contribution in [2.75, 3.05) is 49.2 Å². The lowest BCUT2D eigenvalue weighted by molar-refractivity contribution is 0.156. The van der Waals surface area contributed by atoms with Crippen molar-refractivity contribution in [3.63, 3.8) is 0 Å². The molecule has 1 aliphatic heterocycles. The van der Waals surface area contributed by atoms with Gasteiger partial charge in [0.2, 0.25) is 5.95 Å². The van der Waals surface area contributed by atoms with Crippen LogP contribution in [-0.2, 0) is 0 Å². The molecule has 28 heavy (non-hydrogen) atoms. The molecule has 0 bridgehead atoms. The zero-order chi connectivity index (χ0) is 19.7. The molecule has 3 N–H and O–H groups in total. The average Bonchev–Trinajstić information content (AvgIpc) is 3.14. The highest BCUT2D eigenvalue weighted by molar-refractivity contribution is 5.75. The second kappa shape index (κ2) is 7.61. The van der Waals surface area contributed by atoms with Crippen LogP contribution < -0.4 is 9.80 Å². The molecule has 3 aromatic rings. The van der Waals surface area contributed by atoms with Gasteiger partial charge in [-0.15, -0.1) is 0 Å². The molecule has 0 unspecified atom stereocenters. The molecule has 148 valence electrons. The average molecular weight is 384 g/mol. The van der Waals surface area contributed by atoms with Crippen molar-refractivity contribution in [3.05, 3.63) is 36.3 Å². The molecule has 0 atom stereocenters. The Kier molecular flexibility index (Phi) is 5.01. The monoisotopic (exact) mass is 384 g/mol. The van der Waals surface area contributed by atoms with Crippen LogP contribution in [0.4, 0.5) is 11.6 Å². The molecular weight excluding hydrogens is 360 g/mol. The van der Waals surface area contributed by atoms with Gasteiger partial charge < -0.3 is 29.7 Å². The molecule has 3 heterocycles. The lowest BCUT2D eigenvalue weighted by Gasteiger charge is -2.36. The highest BCUT2D eigenvalue weighted by atomic mass is 16.3. The highest BCUT2D eigenvalue weighted by Crippen LogP contribution is 2.24. The summed E-state index contributed by atoms with van der Waals surface area (Å²) in [5, 5.41) is 28.5. The summed E-state index contributed by atoms with van der Waals surface area (Å²) in [5.74, 6) is 0.895. The van der Waals surface area contributed by atoms with E-state index in [1.54, 1.807) is 23.0 Å². The predicted octanol–water partition coefficient (Wildman–Crippen LogP) is 0.693. The molecule has 9 nitrogen and oxygen atoms in total. The van der Waals surface area contributed by atoms with Gasteiger partial charge in [0.25, 0.3) is 0 Å². The number of rotatable bonds is 5. The summed E-state index contributed by atoms with van der Waals surface area (Å²) in [4.78, 5) is 18.1. The lowest BCUT2D eigenvalue weighted by Crippen LogP contribution is -2.47. The third-order valence-electron chi connectivity index (χ3n) is 5.18. The van der Waals surface area contributed by atoms with E-state index >= 15 is 0 Å². The van der Waals surface area contributed by atoms with Crippen LogP contribution in [0.2, 0.25) is 0 Å². The number of nitrogens with zero attached hydrogens (tertiary/aromatic N) is 6. The Morgan fingerprint density at radius 2 is 1.61 bits per heavy atom. The maximum atomic E-state index is 9.52. The number of anilines is 2.